The van der Waals surface area contributed by atoms with Crippen molar-refractivity contribution in [3.8, 4) is 223 Å². The molecule has 0 aliphatic heterocycles. The first-order chi connectivity index (χ1) is 72.2. The van der Waals surface area contributed by atoms with Gasteiger partial charge in [0.15, 0.2) is 0 Å². The molecule has 0 amide bonds. The molecule has 0 spiro atoms. The van der Waals surface area contributed by atoms with Gasteiger partial charge < -0.3 is 0 Å². The van der Waals surface area contributed by atoms with Gasteiger partial charge in [0, 0.05) is 0 Å². The molecule has 146 heavy (non-hydrogen) atoms. The minimum Gasteiger partial charge on any atom is -0.178 e. The van der Waals surface area contributed by atoms with Crippen LogP contribution >= 0.6 is 0 Å². The third-order valence-corrected chi connectivity index (χ3v) is 29.1. The summed E-state index contributed by atoms with van der Waals surface area (Å²) in [6.07, 6.45) is -3.80. The molecule has 0 saturated heterocycles. The Morgan fingerprint density at radius 1 is 0.0685 bits per heavy atom. The molecule has 0 aliphatic rings. The monoisotopic (exact) mass is 1850 g/mol. The third kappa shape index (κ3) is 16.8. The number of rotatable bonds is 24. The molecule has 0 aromatic heterocycles. The SMILES string of the molecule is [Li+].c1ccc(-c2c(-c3ccccc3)c(-c3ccccc3)c([B-](c3c(-c4ccccc4)c(-c4ccccc4)c(-c4ccccc4)c(-c4ccccc4)c3-c3ccccc3)(c3c(-c4ccccc4)c(-c4ccccc4)c(-c4ccccc4)c(-c4ccccc4)c3-c3ccccc3)c3c(-c4ccccc4)c(-c4ccccc4)c(-c4ccccc4)c(-c4ccccc4)c3-c3ccccc3)c(-c3ccccc3)c2-c2ccccc2)cc1. The van der Waals surface area contributed by atoms with E-state index in [4.69, 9.17) is 0 Å². The molecule has 0 fully saturated rings. The minimum absolute atomic E-state index is 0. The summed E-state index contributed by atoms with van der Waals surface area (Å²) in [5.74, 6) is 0. The molecule has 0 N–H and O–H groups in total. The Morgan fingerprint density at radius 2 is 0.123 bits per heavy atom. The van der Waals surface area contributed by atoms with E-state index in [-0.39, 0.29) is 18.9 Å². The van der Waals surface area contributed by atoms with E-state index in [9.17, 15) is 0 Å². The maximum atomic E-state index is 2.45. The van der Waals surface area contributed by atoms with E-state index < -0.39 is 6.15 Å². The van der Waals surface area contributed by atoms with Crippen LogP contribution in [0, 0.1) is 0 Å². The predicted octanol–water partition coefficient (Wildman–Crippen LogP) is 33.4. The normalized spacial score (nSPS) is 11.2. The molecule has 0 saturated carbocycles. The molecule has 680 valence electrons. The van der Waals surface area contributed by atoms with Crippen LogP contribution in [0.15, 0.2) is 607 Å². The first kappa shape index (κ1) is 91.7. The Labute approximate surface area is 869 Å². The summed E-state index contributed by atoms with van der Waals surface area (Å²) < 4.78 is 0. The summed E-state index contributed by atoms with van der Waals surface area (Å²) >= 11 is 0. The number of hydrogen-bond donors (Lipinski definition) is 0. The smallest absolute Gasteiger partial charge is 0.178 e. The molecular weight excluding hydrogens is 1750 g/mol. The average molecular weight is 1850 g/mol. The van der Waals surface area contributed by atoms with Crippen LogP contribution in [0.3, 0.4) is 0 Å². The van der Waals surface area contributed by atoms with Gasteiger partial charge in [0.25, 0.3) is 0 Å². The van der Waals surface area contributed by atoms with Gasteiger partial charge in [0.05, 0.1) is 0 Å². The largest absolute Gasteiger partial charge is 1.00 e. The van der Waals surface area contributed by atoms with Crippen LogP contribution in [-0.2, 0) is 0 Å². The zero-order valence-electron chi connectivity index (χ0n) is 81.3. The second kappa shape index (κ2) is 41.6. The number of hydrogen-bond acceptors (Lipinski definition) is 0. The van der Waals surface area contributed by atoms with Gasteiger partial charge in [-0.05, 0) is 223 Å². The second-order valence-corrected chi connectivity index (χ2v) is 37.3. The molecule has 0 aliphatic carbocycles. The van der Waals surface area contributed by atoms with Gasteiger partial charge in [0.1, 0.15) is 6.15 Å². The Balaban J connectivity index is 0.0000118. The summed E-state index contributed by atoms with van der Waals surface area (Å²) in [4.78, 5) is 0. The van der Waals surface area contributed by atoms with E-state index in [2.05, 4.69) is 607 Å². The van der Waals surface area contributed by atoms with Gasteiger partial charge in [-0.1, -0.05) is 607 Å². The predicted molar refractivity (Wildman–Crippen MR) is 619 cm³/mol. The van der Waals surface area contributed by atoms with Crippen molar-refractivity contribution in [3.63, 3.8) is 0 Å². The van der Waals surface area contributed by atoms with E-state index in [1.807, 2.05) is 0 Å². The summed E-state index contributed by atoms with van der Waals surface area (Å²) in [6.45, 7) is 0. The molecule has 0 nitrogen and oxygen atoms in total. The van der Waals surface area contributed by atoms with Crippen molar-refractivity contribution < 1.29 is 18.9 Å². The van der Waals surface area contributed by atoms with Crippen molar-refractivity contribution >= 4 is 28.0 Å². The maximum Gasteiger partial charge on any atom is 1.00 e. The molecule has 0 unspecified atom stereocenters. The molecule has 24 aromatic rings. The minimum atomic E-state index is -3.80. The molecule has 0 heterocycles. The molecule has 0 radical (unpaired) electrons. The van der Waals surface area contributed by atoms with Crippen molar-refractivity contribution in [2.45, 2.75) is 0 Å². The van der Waals surface area contributed by atoms with Crippen molar-refractivity contribution in [1.29, 1.82) is 0 Å². The summed E-state index contributed by atoms with van der Waals surface area (Å²) in [5.41, 5.74) is 45.9. The van der Waals surface area contributed by atoms with Crippen LogP contribution in [0.1, 0.15) is 0 Å². The van der Waals surface area contributed by atoms with Crippen LogP contribution in [0.4, 0.5) is 0 Å². The van der Waals surface area contributed by atoms with Crippen molar-refractivity contribution in [1.82, 2.24) is 0 Å². The Hall–Kier alpha value is -18.1. The first-order valence-electron chi connectivity index (χ1n) is 50.4. The summed E-state index contributed by atoms with van der Waals surface area (Å²) in [5, 5.41) is 0. The van der Waals surface area contributed by atoms with Gasteiger partial charge in [0.2, 0.25) is 0 Å². The van der Waals surface area contributed by atoms with Gasteiger partial charge in [-0.15, -0.1) is 0 Å². The quantitative estimate of drug-likeness (QED) is 0.0529. The van der Waals surface area contributed by atoms with E-state index >= 15 is 0 Å². The van der Waals surface area contributed by atoms with E-state index in [0.29, 0.717) is 0 Å². The van der Waals surface area contributed by atoms with E-state index in [1.165, 1.54) is 0 Å². The van der Waals surface area contributed by atoms with Gasteiger partial charge in [-0.25, -0.2) is 0 Å². The van der Waals surface area contributed by atoms with E-state index in [0.717, 1.165) is 244 Å². The molecule has 24 rings (SSSR count). The van der Waals surface area contributed by atoms with Crippen LogP contribution < -0.4 is 40.7 Å². The number of benzene rings is 24. The molecule has 0 bridgehead atoms. The zero-order valence-corrected chi connectivity index (χ0v) is 81.3. The molecule has 2 heteroatoms. The Kier molecular flexibility index (Phi) is 26.1. The van der Waals surface area contributed by atoms with Crippen LogP contribution in [0.5, 0.6) is 0 Å². The van der Waals surface area contributed by atoms with Crippen molar-refractivity contribution in [2.75, 3.05) is 0 Å². The second-order valence-electron chi connectivity index (χ2n) is 37.3. The maximum absolute atomic E-state index is 3.80. The zero-order chi connectivity index (χ0) is 96.6. The van der Waals surface area contributed by atoms with Crippen LogP contribution in [0.2, 0.25) is 0 Å². The molecular formula is C144H100BLi. The fraction of sp³-hybridized carbons (Fsp3) is 0. The Morgan fingerprint density at radius 3 is 0.192 bits per heavy atom. The summed E-state index contributed by atoms with van der Waals surface area (Å²) in [7, 11) is 0. The Bertz CT molecular complexity index is 7200. The first-order valence-corrected chi connectivity index (χ1v) is 50.4. The molecule has 0 atom stereocenters. The van der Waals surface area contributed by atoms with Crippen LogP contribution in [0.25, 0.3) is 223 Å². The van der Waals surface area contributed by atoms with Crippen molar-refractivity contribution in [3.05, 3.63) is 607 Å². The topological polar surface area (TPSA) is 0 Å². The standard InChI is InChI=1S/C144H100B.Li/c1-21-61-101(62-22-1)121-125(105-69-29-5-30-70-105)133(113-85-45-13-46-86-113)141(134(114-87-47-14-48-88-114)126(121)106-71-31-6-32-72-106)145(142-135(115-89-49-15-50-90-115)127(107-73-33-7-34-74-107)122(102-63-23-2-24-64-102)128(108-75-35-8-36-76-108)136(142)116-91-51-16-52-92-116,143-137(117-93-53-17-54-94-117)129(109-77-37-9-38-78-109)123(103-65-25-3-26-66-103)130(110-79-39-10-40-80-110)138(143)118-95-55-18-56-96-118)144-139(119-97-57-19-58-98-119)131(111-81-41-11-42-82-111)124(104-67-27-4-28-68-104)132(112-83-43-12-44-84-112)140(144)120-99-59-20-60-100-120;/h1-100H;/q-1;+1. The van der Waals surface area contributed by atoms with Crippen molar-refractivity contribution in [2.24, 2.45) is 0 Å². The van der Waals surface area contributed by atoms with Crippen LogP contribution in [-0.4, -0.2) is 6.15 Å². The third-order valence-electron chi connectivity index (χ3n) is 29.1. The fourth-order valence-electron chi connectivity index (χ4n) is 23.6. The fourth-order valence-corrected chi connectivity index (χ4v) is 23.6. The van der Waals surface area contributed by atoms with Gasteiger partial charge in [-0.3, -0.25) is 0 Å². The van der Waals surface area contributed by atoms with Gasteiger partial charge in [-0.2, -0.15) is 21.9 Å². The summed E-state index contributed by atoms with van der Waals surface area (Å²) in [6, 6.07) is 232. The molecule has 24 aromatic carbocycles. The average Bonchev–Trinajstić information content (AvgIpc) is 0.649. The van der Waals surface area contributed by atoms with Gasteiger partial charge >= 0.3 is 18.9 Å². The van der Waals surface area contributed by atoms with E-state index in [1.54, 1.807) is 0 Å².